The molecule has 0 fully saturated rings. The molecule has 0 saturated heterocycles. The number of aryl methyl sites for hydroxylation is 2. The highest BCUT2D eigenvalue weighted by atomic mass is 16.1. The number of amides is 1. The first-order valence-electron chi connectivity index (χ1n) is 6.47. The average Bonchev–Trinajstić information content (AvgIpc) is 2.94. The maximum atomic E-state index is 11.3. The molecule has 2 aromatic heterocycles. The van der Waals surface area contributed by atoms with E-state index in [0.717, 1.165) is 17.1 Å². The highest BCUT2D eigenvalue weighted by molar-refractivity contribution is 5.75. The minimum absolute atomic E-state index is 0.0707. The molecule has 7 heteroatoms. The van der Waals surface area contributed by atoms with Gasteiger partial charge in [0.15, 0.2) is 0 Å². The minimum Gasteiger partial charge on any atom is -0.378 e. The summed E-state index contributed by atoms with van der Waals surface area (Å²) < 4.78 is 3.48. The molecular formula is C13H20N6O. The number of nitrogens with zero attached hydrogens (tertiary/aromatic N) is 4. The topological polar surface area (TPSA) is 76.8 Å². The predicted octanol–water partition coefficient (Wildman–Crippen LogP) is 0.592. The lowest BCUT2D eigenvalue weighted by atomic mass is 10.2. The SMILES string of the molecule is CNC(=O)Cn1cc(NCc2c(C)nn(C)c2C)cn1. The lowest BCUT2D eigenvalue weighted by Gasteiger charge is -2.04. The van der Waals surface area contributed by atoms with Gasteiger partial charge in [-0.2, -0.15) is 10.2 Å². The number of anilines is 1. The summed E-state index contributed by atoms with van der Waals surface area (Å²) in [7, 11) is 3.55. The van der Waals surface area contributed by atoms with E-state index in [0.29, 0.717) is 6.54 Å². The molecular weight excluding hydrogens is 256 g/mol. The van der Waals surface area contributed by atoms with Gasteiger partial charge in [0.25, 0.3) is 0 Å². The molecule has 0 radical (unpaired) electrons. The molecule has 2 rings (SSSR count). The van der Waals surface area contributed by atoms with Crippen molar-refractivity contribution in [3.8, 4) is 0 Å². The molecule has 20 heavy (non-hydrogen) atoms. The zero-order valence-electron chi connectivity index (χ0n) is 12.3. The Labute approximate surface area is 118 Å². The number of likely N-dealkylation sites (N-methyl/N-ethyl adjacent to an activating group) is 1. The van der Waals surface area contributed by atoms with Crippen molar-refractivity contribution in [1.29, 1.82) is 0 Å². The Kier molecular flexibility index (Phi) is 4.07. The van der Waals surface area contributed by atoms with Crippen LogP contribution < -0.4 is 10.6 Å². The second kappa shape index (κ2) is 5.77. The van der Waals surface area contributed by atoms with Gasteiger partial charge in [0.05, 0.1) is 17.6 Å². The van der Waals surface area contributed by atoms with E-state index in [4.69, 9.17) is 0 Å². The molecule has 0 aliphatic heterocycles. The minimum atomic E-state index is -0.0707. The number of carbonyl (C=O) groups is 1. The van der Waals surface area contributed by atoms with Gasteiger partial charge in [0.2, 0.25) is 5.91 Å². The predicted molar refractivity (Wildman–Crippen MR) is 76.3 cm³/mol. The summed E-state index contributed by atoms with van der Waals surface area (Å²) >= 11 is 0. The first-order valence-corrected chi connectivity index (χ1v) is 6.47. The van der Waals surface area contributed by atoms with E-state index in [2.05, 4.69) is 20.8 Å². The van der Waals surface area contributed by atoms with Crippen molar-refractivity contribution < 1.29 is 4.79 Å². The number of hydrogen-bond donors (Lipinski definition) is 2. The van der Waals surface area contributed by atoms with Crippen molar-refractivity contribution in [2.75, 3.05) is 12.4 Å². The van der Waals surface area contributed by atoms with Crippen LogP contribution in [0.1, 0.15) is 17.0 Å². The molecule has 1 amide bonds. The van der Waals surface area contributed by atoms with Crippen LogP contribution in [0.4, 0.5) is 5.69 Å². The van der Waals surface area contributed by atoms with Crippen LogP contribution in [0.15, 0.2) is 12.4 Å². The highest BCUT2D eigenvalue weighted by Gasteiger charge is 2.09. The molecule has 0 saturated carbocycles. The molecule has 0 bridgehead atoms. The maximum absolute atomic E-state index is 11.3. The van der Waals surface area contributed by atoms with Crippen molar-refractivity contribution in [3.05, 3.63) is 29.3 Å². The zero-order chi connectivity index (χ0) is 14.7. The normalized spacial score (nSPS) is 10.6. The van der Waals surface area contributed by atoms with E-state index in [1.54, 1.807) is 17.9 Å². The van der Waals surface area contributed by atoms with Crippen molar-refractivity contribution in [2.45, 2.75) is 26.9 Å². The first kappa shape index (κ1) is 14.1. The molecule has 0 aromatic carbocycles. The second-order valence-electron chi connectivity index (χ2n) is 4.73. The van der Waals surface area contributed by atoms with Gasteiger partial charge in [-0.3, -0.25) is 14.2 Å². The maximum Gasteiger partial charge on any atom is 0.241 e. The Balaban J connectivity index is 1.99. The number of aromatic nitrogens is 4. The highest BCUT2D eigenvalue weighted by Crippen LogP contribution is 2.14. The van der Waals surface area contributed by atoms with Crippen LogP contribution >= 0.6 is 0 Å². The van der Waals surface area contributed by atoms with E-state index >= 15 is 0 Å². The number of carbonyl (C=O) groups excluding carboxylic acids is 1. The van der Waals surface area contributed by atoms with E-state index in [1.807, 2.05) is 31.8 Å². The third kappa shape index (κ3) is 2.98. The summed E-state index contributed by atoms with van der Waals surface area (Å²) in [6, 6.07) is 0. The van der Waals surface area contributed by atoms with Crippen LogP contribution in [0.25, 0.3) is 0 Å². The zero-order valence-corrected chi connectivity index (χ0v) is 12.3. The van der Waals surface area contributed by atoms with Gasteiger partial charge >= 0.3 is 0 Å². The Morgan fingerprint density at radius 3 is 2.75 bits per heavy atom. The number of rotatable bonds is 5. The largest absolute Gasteiger partial charge is 0.378 e. The smallest absolute Gasteiger partial charge is 0.241 e. The Morgan fingerprint density at radius 1 is 1.40 bits per heavy atom. The van der Waals surface area contributed by atoms with Crippen molar-refractivity contribution in [3.63, 3.8) is 0 Å². The molecule has 0 aliphatic rings. The van der Waals surface area contributed by atoms with Crippen LogP contribution in [0.3, 0.4) is 0 Å². The van der Waals surface area contributed by atoms with Gasteiger partial charge in [-0.15, -0.1) is 0 Å². The van der Waals surface area contributed by atoms with Crippen LogP contribution in [-0.2, 0) is 24.9 Å². The lowest BCUT2D eigenvalue weighted by Crippen LogP contribution is -2.23. The molecule has 108 valence electrons. The molecule has 2 heterocycles. The summed E-state index contributed by atoms with van der Waals surface area (Å²) in [4.78, 5) is 11.3. The van der Waals surface area contributed by atoms with Gasteiger partial charge < -0.3 is 10.6 Å². The molecule has 0 unspecified atom stereocenters. The van der Waals surface area contributed by atoms with Gasteiger partial charge in [-0.25, -0.2) is 0 Å². The summed E-state index contributed by atoms with van der Waals surface area (Å²) in [6.45, 7) is 4.96. The Morgan fingerprint density at radius 2 is 2.15 bits per heavy atom. The molecule has 0 aliphatic carbocycles. The Hall–Kier alpha value is -2.31. The molecule has 2 N–H and O–H groups in total. The van der Waals surface area contributed by atoms with Crippen LogP contribution in [0, 0.1) is 13.8 Å². The van der Waals surface area contributed by atoms with Crippen molar-refractivity contribution in [2.24, 2.45) is 7.05 Å². The van der Waals surface area contributed by atoms with E-state index in [-0.39, 0.29) is 12.5 Å². The third-order valence-corrected chi connectivity index (χ3v) is 3.35. The first-order chi connectivity index (χ1) is 9.51. The van der Waals surface area contributed by atoms with Crippen molar-refractivity contribution >= 4 is 11.6 Å². The second-order valence-corrected chi connectivity index (χ2v) is 4.73. The number of nitrogens with one attached hydrogen (secondary N) is 2. The number of hydrogen-bond acceptors (Lipinski definition) is 4. The fraction of sp³-hybridized carbons (Fsp3) is 0.462. The van der Waals surface area contributed by atoms with E-state index < -0.39 is 0 Å². The molecule has 7 nitrogen and oxygen atoms in total. The van der Waals surface area contributed by atoms with E-state index in [9.17, 15) is 4.79 Å². The average molecular weight is 276 g/mol. The van der Waals surface area contributed by atoms with Crippen LogP contribution in [0.5, 0.6) is 0 Å². The van der Waals surface area contributed by atoms with Crippen LogP contribution in [-0.4, -0.2) is 32.5 Å². The fourth-order valence-corrected chi connectivity index (χ4v) is 2.03. The van der Waals surface area contributed by atoms with Gasteiger partial charge in [0, 0.05) is 38.1 Å². The molecule has 0 spiro atoms. The molecule has 2 aromatic rings. The summed E-state index contributed by atoms with van der Waals surface area (Å²) in [5.41, 5.74) is 4.24. The van der Waals surface area contributed by atoms with Crippen molar-refractivity contribution in [1.82, 2.24) is 24.9 Å². The third-order valence-electron chi connectivity index (χ3n) is 3.35. The monoisotopic (exact) mass is 276 g/mol. The summed E-state index contributed by atoms with van der Waals surface area (Å²) in [6.07, 6.45) is 3.53. The standard InChI is InChI=1S/C13H20N6O/c1-9-12(10(2)18(4)17-9)6-15-11-5-16-19(7-11)8-13(20)14-3/h5,7,15H,6,8H2,1-4H3,(H,14,20). The fourth-order valence-electron chi connectivity index (χ4n) is 2.03. The van der Waals surface area contributed by atoms with Gasteiger partial charge in [0.1, 0.15) is 6.54 Å². The van der Waals surface area contributed by atoms with Crippen LogP contribution in [0.2, 0.25) is 0 Å². The molecule has 0 atom stereocenters. The van der Waals surface area contributed by atoms with Gasteiger partial charge in [-0.1, -0.05) is 0 Å². The van der Waals surface area contributed by atoms with Gasteiger partial charge in [-0.05, 0) is 13.8 Å². The Bertz CT molecular complexity index is 612. The summed E-state index contributed by atoms with van der Waals surface area (Å²) in [5.74, 6) is -0.0707. The lowest BCUT2D eigenvalue weighted by molar-refractivity contribution is -0.121. The summed E-state index contributed by atoms with van der Waals surface area (Å²) in [5, 5.41) is 14.4. The quantitative estimate of drug-likeness (QED) is 0.838. The van der Waals surface area contributed by atoms with E-state index in [1.165, 1.54) is 5.56 Å².